The Balaban J connectivity index is -0.0000000800. The summed E-state index contributed by atoms with van der Waals surface area (Å²) in [6.45, 7) is 0. The SMILES string of the molecule is [Na+].[Ni+2].[O-][Si]([O-])([O-])O. The molecule has 0 fully saturated rings. The number of hydrogen-bond donors (Lipinski definition) is 1. The van der Waals surface area contributed by atoms with Crippen molar-refractivity contribution in [2.75, 3.05) is 0 Å². The molecule has 0 aromatic heterocycles. The summed E-state index contributed by atoms with van der Waals surface area (Å²) < 4.78 is 0. The van der Waals surface area contributed by atoms with Gasteiger partial charge in [0, 0.05) is 0 Å². The molecule has 0 aromatic carbocycles. The van der Waals surface area contributed by atoms with E-state index in [0.29, 0.717) is 0 Å². The summed E-state index contributed by atoms with van der Waals surface area (Å²) >= 11 is 0. The van der Waals surface area contributed by atoms with Crippen molar-refractivity contribution in [3.8, 4) is 0 Å². The van der Waals surface area contributed by atoms with Crippen LogP contribution in [-0.2, 0) is 16.5 Å². The Labute approximate surface area is 73.9 Å². The molecule has 0 radical (unpaired) electrons. The second-order valence-electron chi connectivity index (χ2n) is 0.524. The van der Waals surface area contributed by atoms with Crippen LogP contribution < -0.4 is 43.9 Å². The zero-order chi connectivity index (χ0) is 4.50. The van der Waals surface area contributed by atoms with Crippen molar-refractivity contribution in [2.24, 2.45) is 0 Å². The molecule has 0 amide bonds. The minimum Gasteiger partial charge on any atom is -0.861 e. The van der Waals surface area contributed by atoms with Gasteiger partial charge in [-0.05, 0) is 0 Å². The fourth-order valence-electron chi connectivity index (χ4n) is 0. The average molecular weight is 175 g/mol. The Morgan fingerprint density at radius 1 is 1.14 bits per heavy atom. The topological polar surface area (TPSA) is 89.4 Å². The van der Waals surface area contributed by atoms with Crippen LogP contribution in [-0.4, -0.2) is 13.8 Å². The van der Waals surface area contributed by atoms with E-state index in [2.05, 4.69) is 0 Å². The molecule has 4 nitrogen and oxygen atoms in total. The first-order valence-corrected chi connectivity index (χ1v) is 2.51. The fourth-order valence-corrected chi connectivity index (χ4v) is 0. The van der Waals surface area contributed by atoms with Gasteiger partial charge in [0.25, 0.3) is 0 Å². The van der Waals surface area contributed by atoms with E-state index in [-0.39, 0.29) is 46.0 Å². The third kappa shape index (κ3) is 96.8. The zero-order valence-corrected chi connectivity index (χ0v) is 7.48. The Morgan fingerprint density at radius 3 is 1.14 bits per heavy atom. The van der Waals surface area contributed by atoms with E-state index in [9.17, 15) is 0 Å². The van der Waals surface area contributed by atoms with Gasteiger partial charge in [0.2, 0.25) is 0 Å². The molecular formula is HNaNiO4Si. The predicted molar refractivity (Wildman–Crippen MR) is 7.97 cm³/mol. The van der Waals surface area contributed by atoms with Crippen molar-refractivity contribution in [1.29, 1.82) is 0 Å². The fraction of sp³-hybridized carbons (Fsp3) is 0. The molecule has 0 saturated carbocycles. The van der Waals surface area contributed by atoms with Gasteiger partial charge >= 0.3 is 46.0 Å². The molecule has 0 aliphatic heterocycles. The van der Waals surface area contributed by atoms with Crippen molar-refractivity contribution < 1.29 is 65.2 Å². The molecule has 0 spiro atoms. The van der Waals surface area contributed by atoms with Crippen LogP contribution in [0, 0.1) is 0 Å². The summed E-state index contributed by atoms with van der Waals surface area (Å²) in [5.41, 5.74) is 0. The molecule has 0 aliphatic rings. The van der Waals surface area contributed by atoms with E-state index in [4.69, 9.17) is 19.2 Å². The van der Waals surface area contributed by atoms with Crippen LogP contribution >= 0.6 is 0 Å². The third-order valence-electron chi connectivity index (χ3n) is 0. The van der Waals surface area contributed by atoms with Gasteiger partial charge < -0.3 is 19.2 Å². The van der Waals surface area contributed by atoms with Gasteiger partial charge in [-0.15, -0.1) is 9.05 Å². The van der Waals surface area contributed by atoms with Crippen LogP contribution in [0.2, 0.25) is 0 Å². The Bertz CT molecular complexity index is 27.2. The van der Waals surface area contributed by atoms with E-state index in [1.165, 1.54) is 0 Å². The quantitative estimate of drug-likeness (QED) is 0.370. The second-order valence-corrected chi connectivity index (χ2v) is 1.57. The van der Waals surface area contributed by atoms with E-state index in [1.54, 1.807) is 0 Å². The number of rotatable bonds is 0. The van der Waals surface area contributed by atoms with Crippen LogP contribution in [0.3, 0.4) is 0 Å². The van der Waals surface area contributed by atoms with Gasteiger partial charge in [0.15, 0.2) is 0 Å². The molecule has 7 heteroatoms. The summed E-state index contributed by atoms with van der Waals surface area (Å²) in [7, 11) is -5.36. The third-order valence-corrected chi connectivity index (χ3v) is 0. The Morgan fingerprint density at radius 2 is 1.14 bits per heavy atom. The van der Waals surface area contributed by atoms with Crippen molar-refractivity contribution in [3.63, 3.8) is 0 Å². The molecular weight excluding hydrogens is 174 g/mol. The summed E-state index contributed by atoms with van der Waals surface area (Å²) in [6.07, 6.45) is 0. The molecule has 7 heavy (non-hydrogen) atoms. The predicted octanol–water partition coefficient (Wildman–Crippen LogP) is -7.50. The minimum absolute atomic E-state index is 0. The summed E-state index contributed by atoms with van der Waals surface area (Å²) in [6, 6.07) is 0. The smallest absolute Gasteiger partial charge is 0.861 e. The molecule has 0 heterocycles. The maximum Gasteiger partial charge on any atom is 2.00 e. The maximum absolute atomic E-state index is 8.69. The summed E-state index contributed by atoms with van der Waals surface area (Å²) in [5.74, 6) is 0. The van der Waals surface area contributed by atoms with Gasteiger partial charge in [-0.3, -0.25) is 0 Å². The maximum atomic E-state index is 8.69. The number of hydrogen-bond acceptors (Lipinski definition) is 4. The van der Waals surface area contributed by atoms with E-state index in [0.717, 1.165) is 0 Å². The molecule has 0 rings (SSSR count). The Hall–Kier alpha value is 1.55. The van der Waals surface area contributed by atoms with Crippen molar-refractivity contribution in [1.82, 2.24) is 0 Å². The monoisotopic (exact) mass is 174 g/mol. The van der Waals surface area contributed by atoms with Gasteiger partial charge in [0.05, 0.1) is 0 Å². The van der Waals surface area contributed by atoms with Gasteiger partial charge in [-0.2, -0.15) is 0 Å². The Kier molecular flexibility index (Phi) is 12.8. The van der Waals surface area contributed by atoms with Crippen LogP contribution in [0.1, 0.15) is 0 Å². The standard InChI is InChI=1S/Na.Ni.HO4Si/c;;1-5(2,3)4/h;;1H/q+1;+2;-3. The first-order valence-electron chi connectivity index (χ1n) is 0.836. The van der Waals surface area contributed by atoms with Gasteiger partial charge in [0.1, 0.15) is 0 Å². The van der Waals surface area contributed by atoms with Crippen LogP contribution in [0.25, 0.3) is 0 Å². The van der Waals surface area contributed by atoms with Crippen molar-refractivity contribution in [3.05, 3.63) is 0 Å². The van der Waals surface area contributed by atoms with Gasteiger partial charge in [-0.1, -0.05) is 0 Å². The summed E-state index contributed by atoms with van der Waals surface area (Å²) in [5, 5.41) is 0. The normalized spacial score (nSPS) is 8.57. The molecule has 1 N–H and O–H groups in total. The van der Waals surface area contributed by atoms with Crippen molar-refractivity contribution in [2.45, 2.75) is 0 Å². The van der Waals surface area contributed by atoms with E-state index < -0.39 is 9.05 Å². The molecule has 0 unspecified atom stereocenters. The van der Waals surface area contributed by atoms with Crippen molar-refractivity contribution >= 4 is 9.05 Å². The largest absolute Gasteiger partial charge is 2.00 e. The van der Waals surface area contributed by atoms with Crippen LogP contribution in [0.5, 0.6) is 0 Å². The first-order chi connectivity index (χ1) is 2.00. The minimum atomic E-state index is -5.36. The van der Waals surface area contributed by atoms with E-state index >= 15 is 0 Å². The second kappa shape index (κ2) is 5.68. The summed E-state index contributed by atoms with van der Waals surface area (Å²) in [4.78, 5) is 33.1. The first kappa shape index (κ1) is 15.8. The molecule has 40 valence electrons. The average Bonchev–Trinajstić information content (AvgIpc) is 0.722. The molecule has 0 atom stereocenters. The van der Waals surface area contributed by atoms with Gasteiger partial charge in [-0.25, -0.2) is 0 Å². The van der Waals surface area contributed by atoms with Crippen LogP contribution in [0.15, 0.2) is 0 Å². The molecule has 0 saturated heterocycles. The molecule has 0 bridgehead atoms. The zero-order valence-electron chi connectivity index (χ0n) is 3.49. The molecule has 0 aliphatic carbocycles. The van der Waals surface area contributed by atoms with E-state index in [1.807, 2.05) is 0 Å². The van der Waals surface area contributed by atoms with Crippen LogP contribution in [0.4, 0.5) is 0 Å². The molecule has 0 aromatic rings.